The second-order valence-electron chi connectivity index (χ2n) is 17.3. The van der Waals surface area contributed by atoms with Crippen LogP contribution < -0.4 is 4.90 Å². The van der Waals surface area contributed by atoms with Gasteiger partial charge >= 0.3 is 0 Å². The summed E-state index contributed by atoms with van der Waals surface area (Å²) in [5.74, 6) is 0. The minimum Gasteiger partial charge on any atom is -0.310 e. The van der Waals surface area contributed by atoms with Crippen molar-refractivity contribution in [2.24, 2.45) is 0 Å². The Kier molecular flexibility index (Phi) is 7.94. The molecule has 0 saturated heterocycles. The fourth-order valence-electron chi connectivity index (χ4n) is 10.3. The molecule has 0 heterocycles. The van der Waals surface area contributed by atoms with Crippen molar-refractivity contribution in [1.82, 2.24) is 0 Å². The zero-order valence-electron chi connectivity index (χ0n) is 34.0. The Bertz CT molecular complexity index is 3080. The fraction of sp³-hybridized carbons (Fsp3) is 0.103. The predicted molar refractivity (Wildman–Crippen MR) is 250 cm³/mol. The first-order valence-corrected chi connectivity index (χ1v) is 20.8. The molecule has 2 aliphatic carbocycles. The summed E-state index contributed by atoms with van der Waals surface area (Å²) in [6, 6.07) is 74.3. The molecule has 0 spiro atoms. The summed E-state index contributed by atoms with van der Waals surface area (Å²) in [5, 5.41) is 2.45. The van der Waals surface area contributed by atoms with Crippen molar-refractivity contribution in [3.8, 4) is 55.6 Å². The zero-order valence-corrected chi connectivity index (χ0v) is 34.0. The summed E-state index contributed by atoms with van der Waals surface area (Å²) in [5.41, 5.74) is 21.5. The highest BCUT2D eigenvalue weighted by Crippen LogP contribution is 2.54. The van der Waals surface area contributed by atoms with Gasteiger partial charge in [0.15, 0.2) is 0 Å². The molecular formula is C58H45N. The Morgan fingerprint density at radius 1 is 0.305 bits per heavy atom. The number of anilines is 3. The fourth-order valence-corrected chi connectivity index (χ4v) is 10.3. The van der Waals surface area contributed by atoms with Gasteiger partial charge in [-0.2, -0.15) is 0 Å². The summed E-state index contributed by atoms with van der Waals surface area (Å²) in [7, 11) is 0. The predicted octanol–water partition coefficient (Wildman–Crippen LogP) is 15.9. The molecule has 0 amide bonds. The lowest BCUT2D eigenvalue weighted by Crippen LogP contribution is -2.16. The molecule has 0 aromatic heterocycles. The van der Waals surface area contributed by atoms with E-state index in [1.807, 2.05) is 0 Å². The third-order valence-electron chi connectivity index (χ3n) is 13.3. The molecular weight excluding hydrogens is 711 g/mol. The van der Waals surface area contributed by atoms with Gasteiger partial charge in [0.25, 0.3) is 0 Å². The summed E-state index contributed by atoms with van der Waals surface area (Å²) < 4.78 is 0. The van der Waals surface area contributed by atoms with Gasteiger partial charge in [-0.05, 0) is 120 Å². The highest BCUT2D eigenvalue weighted by Gasteiger charge is 2.38. The van der Waals surface area contributed by atoms with Crippen LogP contribution in [0.3, 0.4) is 0 Å². The van der Waals surface area contributed by atoms with Crippen LogP contribution >= 0.6 is 0 Å². The molecule has 2 aliphatic rings. The van der Waals surface area contributed by atoms with E-state index in [0.717, 1.165) is 17.1 Å². The van der Waals surface area contributed by atoms with E-state index in [1.165, 1.54) is 88.7 Å². The topological polar surface area (TPSA) is 3.24 Å². The summed E-state index contributed by atoms with van der Waals surface area (Å²) in [6.07, 6.45) is 0. The van der Waals surface area contributed by atoms with Crippen molar-refractivity contribution in [3.05, 3.63) is 222 Å². The number of hydrogen-bond donors (Lipinski definition) is 0. The number of nitrogens with zero attached hydrogens (tertiary/aromatic N) is 1. The molecule has 9 aromatic carbocycles. The Balaban J connectivity index is 1.08. The highest BCUT2D eigenvalue weighted by atomic mass is 15.1. The molecule has 282 valence electrons. The van der Waals surface area contributed by atoms with E-state index in [-0.39, 0.29) is 10.8 Å². The molecule has 0 unspecified atom stereocenters. The van der Waals surface area contributed by atoms with E-state index in [4.69, 9.17) is 0 Å². The lowest BCUT2D eigenvalue weighted by molar-refractivity contribution is 0.660. The van der Waals surface area contributed by atoms with Gasteiger partial charge in [-0.1, -0.05) is 191 Å². The molecule has 0 aliphatic heterocycles. The van der Waals surface area contributed by atoms with Crippen LogP contribution in [0.5, 0.6) is 0 Å². The van der Waals surface area contributed by atoms with Crippen molar-refractivity contribution < 1.29 is 0 Å². The first-order valence-electron chi connectivity index (χ1n) is 20.8. The standard InChI is InChI=1S/C58H45N/c1-57(2)52-34-28-41(36-50(52)56-45(23-15-25-53(56)57)40-18-9-6-10-19-40)44-33-35-55(49-22-12-11-20-46(44)49)59(42-29-26-39(27-30-42)38-16-7-5-8-17-38)43-31-32-48-47-21-13-14-24-51(47)58(3,4)54(48)37-43/h5-37H,1-4H3. The molecule has 0 radical (unpaired) electrons. The zero-order chi connectivity index (χ0) is 39.9. The first-order chi connectivity index (χ1) is 28.8. The van der Waals surface area contributed by atoms with E-state index in [9.17, 15) is 0 Å². The average Bonchev–Trinajstić information content (AvgIpc) is 3.66. The molecule has 59 heavy (non-hydrogen) atoms. The monoisotopic (exact) mass is 755 g/mol. The lowest BCUT2D eigenvalue weighted by Gasteiger charge is -2.29. The molecule has 0 atom stereocenters. The second kappa shape index (κ2) is 13.3. The first kappa shape index (κ1) is 35.2. The van der Waals surface area contributed by atoms with Crippen LogP contribution in [-0.2, 0) is 10.8 Å². The van der Waals surface area contributed by atoms with E-state index in [0.29, 0.717) is 0 Å². The van der Waals surface area contributed by atoms with Gasteiger partial charge in [-0.25, -0.2) is 0 Å². The molecule has 1 nitrogen and oxygen atoms in total. The second-order valence-corrected chi connectivity index (χ2v) is 17.3. The van der Waals surface area contributed by atoms with Crippen LogP contribution in [0.25, 0.3) is 66.4 Å². The van der Waals surface area contributed by atoms with Crippen LogP contribution in [0.15, 0.2) is 200 Å². The average molecular weight is 756 g/mol. The smallest absolute Gasteiger partial charge is 0.0540 e. The van der Waals surface area contributed by atoms with E-state index in [1.54, 1.807) is 0 Å². The van der Waals surface area contributed by atoms with Gasteiger partial charge in [-0.15, -0.1) is 0 Å². The van der Waals surface area contributed by atoms with Crippen LogP contribution in [0.1, 0.15) is 49.9 Å². The van der Waals surface area contributed by atoms with Crippen LogP contribution in [0, 0.1) is 0 Å². The Hall–Kier alpha value is -6.96. The molecule has 11 rings (SSSR count). The number of benzene rings is 9. The van der Waals surface area contributed by atoms with Gasteiger partial charge in [-0.3, -0.25) is 0 Å². The third kappa shape index (κ3) is 5.45. The van der Waals surface area contributed by atoms with Gasteiger partial charge in [0, 0.05) is 27.6 Å². The quantitative estimate of drug-likeness (QED) is 0.163. The van der Waals surface area contributed by atoms with Crippen LogP contribution in [0.4, 0.5) is 17.1 Å². The molecule has 0 fully saturated rings. The summed E-state index contributed by atoms with van der Waals surface area (Å²) in [6.45, 7) is 9.47. The maximum atomic E-state index is 2.47. The third-order valence-corrected chi connectivity index (χ3v) is 13.3. The van der Waals surface area contributed by atoms with Crippen molar-refractivity contribution in [2.45, 2.75) is 38.5 Å². The van der Waals surface area contributed by atoms with E-state index in [2.05, 4.69) is 233 Å². The number of fused-ring (bicyclic) bond motifs is 7. The van der Waals surface area contributed by atoms with Gasteiger partial charge in [0.1, 0.15) is 0 Å². The molecule has 0 N–H and O–H groups in total. The Labute approximate surface area is 347 Å². The van der Waals surface area contributed by atoms with Crippen molar-refractivity contribution in [1.29, 1.82) is 0 Å². The molecule has 1 heteroatoms. The number of rotatable bonds is 6. The molecule has 9 aromatic rings. The SMILES string of the molecule is CC1(C)c2ccccc2-c2ccc(N(c3ccc(-c4ccccc4)cc3)c3ccc(-c4ccc5c(c4)-c4c(-c6ccccc6)cccc4C5(C)C)c4ccccc34)cc21. The maximum absolute atomic E-state index is 2.47. The normalized spacial score (nSPS) is 14.0. The van der Waals surface area contributed by atoms with E-state index >= 15 is 0 Å². The van der Waals surface area contributed by atoms with Crippen molar-refractivity contribution in [2.75, 3.05) is 4.90 Å². The maximum Gasteiger partial charge on any atom is 0.0540 e. The van der Waals surface area contributed by atoms with Crippen LogP contribution in [-0.4, -0.2) is 0 Å². The Morgan fingerprint density at radius 3 is 1.63 bits per heavy atom. The van der Waals surface area contributed by atoms with Gasteiger partial charge in [0.05, 0.1) is 5.69 Å². The van der Waals surface area contributed by atoms with Gasteiger partial charge in [0.2, 0.25) is 0 Å². The Morgan fingerprint density at radius 2 is 0.847 bits per heavy atom. The highest BCUT2D eigenvalue weighted by molar-refractivity contribution is 6.07. The van der Waals surface area contributed by atoms with Crippen molar-refractivity contribution in [3.63, 3.8) is 0 Å². The minimum absolute atomic E-state index is 0.0950. The van der Waals surface area contributed by atoms with Crippen molar-refractivity contribution >= 4 is 27.8 Å². The van der Waals surface area contributed by atoms with E-state index < -0.39 is 0 Å². The van der Waals surface area contributed by atoms with Gasteiger partial charge < -0.3 is 4.90 Å². The van der Waals surface area contributed by atoms with Crippen LogP contribution in [0.2, 0.25) is 0 Å². The summed E-state index contributed by atoms with van der Waals surface area (Å²) >= 11 is 0. The summed E-state index contributed by atoms with van der Waals surface area (Å²) in [4.78, 5) is 2.47. The number of hydrogen-bond acceptors (Lipinski definition) is 1. The lowest BCUT2D eigenvalue weighted by atomic mass is 9.81. The molecule has 0 saturated carbocycles. The minimum atomic E-state index is -0.113. The molecule has 0 bridgehead atoms. The largest absolute Gasteiger partial charge is 0.310 e.